The summed E-state index contributed by atoms with van der Waals surface area (Å²) in [5, 5.41) is 0. The molecule has 0 saturated heterocycles. The smallest absolute Gasteiger partial charge is 0.257 e. The Labute approximate surface area is 101 Å². The van der Waals surface area contributed by atoms with E-state index in [-0.39, 0.29) is 5.91 Å². The topological polar surface area (TPSA) is 29.5 Å². The van der Waals surface area contributed by atoms with Gasteiger partial charge in [-0.15, -0.1) is 0 Å². The predicted molar refractivity (Wildman–Crippen MR) is 66.3 cm³/mol. The maximum absolute atomic E-state index is 12.2. The van der Waals surface area contributed by atoms with Crippen molar-refractivity contribution in [3.8, 4) is 5.75 Å². The molecule has 1 aliphatic heterocycles. The second-order valence-corrected chi connectivity index (χ2v) is 4.16. The van der Waals surface area contributed by atoms with E-state index in [0.29, 0.717) is 24.5 Å². The van der Waals surface area contributed by atoms with Gasteiger partial charge in [-0.1, -0.05) is 12.1 Å². The SMILES string of the molecule is O=C1c2ccccc2OCCN1CCCS. The van der Waals surface area contributed by atoms with Crippen LogP contribution in [0.4, 0.5) is 0 Å². The van der Waals surface area contributed by atoms with E-state index in [1.54, 1.807) is 0 Å². The molecule has 3 nitrogen and oxygen atoms in total. The van der Waals surface area contributed by atoms with Crippen LogP contribution in [0.1, 0.15) is 16.8 Å². The van der Waals surface area contributed by atoms with Crippen LogP contribution in [0.25, 0.3) is 0 Å². The van der Waals surface area contributed by atoms with Crippen LogP contribution in [-0.4, -0.2) is 36.3 Å². The lowest BCUT2D eigenvalue weighted by Crippen LogP contribution is -2.33. The number of ether oxygens (including phenoxy) is 1. The lowest BCUT2D eigenvalue weighted by molar-refractivity contribution is 0.0756. The third-order valence-electron chi connectivity index (χ3n) is 2.61. The van der Waals surface area contributed by atoms with Crippen LogP contribution < -0.4 is 4.74 Å². The van der Waals surface area contributed by atoms with E-state index >= 15 is 0 Å². The fourth-order valence-electron chi connectivity index (χ4n) is 1.78. The lowest BCUT2D eigenvalue weighted by Gasteiger charge is -2.19. The van der Waals surface area contributed by atoms with Gasteiger partial charge in [0, 0.05) is 6.54 Å². The van der Waals surface area contributed by atoms with E-state index in [9.17, 15) is 4.79 Å². The number of fused-ring (bicyclic) bond motifs is 1. The second-order valence-electron chi connectivity index (χ2n) is 3.71. The van der Waals surface area contributed by atoms with Gasteiger partial charge in [-0.3, -0.25) is 4.79 Å². The summed E-state index contributed by atoms with van der Waals surface area (Å²) >= 11 is 4.16. The Morgan fingerprint density at radius 2 is 2.19 bits per heavy atom. The molecule has 4 heteroatoms. The summed E-state index contributed by atoms with van der Waals surface area (Å²) in [5.74, 6) is 1.56. The average molecular weight is 237 g/mol. The zero-order chi connectivity index (χ0) is 11.4. The first-order valence-corrected chi connectivity index (χ1v) is 6.08. The molecule has 0 N–H and O–H groups in total. The van der Waals surface area contributed by atoms with Crippen molar-refractivity contribution in [2.45, 2.75) is 6.42 Å². The molecule has 0 aromatic heterocycles. The quantitative estimate of drug-likeness (QED) is 0.813. The molecule has 0 aliphatic carbocycles. The molecule has 86 valence electrons. The summed E-state index contributed by atoms with van der Waals surface area (Å²) in [6.07, 6.45) is 0.914. The Bertz CT molecular complexity index is 379. The van der Waals surface area contributed by atoms with Crippen LogP contribution in [-0.2, 0) is 0 Å². The van der Waals surface area contributed by atoms with Crippen molar-refractivity contribution < 1.29 is 9.53 Å². The maximum atomic E-state index is 12.2. The molecule has 0 radical (unpaired) electrons. The number of rotatable bonds is 3. The van der Waals surface area contributed by atoms with Crippen molar-refractivity contribution in [3.63, 3.8) is 0 Å². The third-order valence-corrected chi connectivity index (χ3v) is 2.93. The van der Waals surface area contributed by atoms with Crippen molar-refractivity contribution in [1.29, 1.82) is 0 Å². The normalized spacial score (nSPS) is 15.3. The standard InChI is InChI=1S/C12H15NO2S/c14-12-10-4-1-2-5-11(10)15-8-7-13(12)6-3-9-16/h1-2,4-5,16H,3,6-9H2. The van der Waals surface area contributed by atoms with Gasteiger partial charge in [0.25, 0.3) is 5.91 Å². The van der Waals surface area contributed by atoms with Crippen LogP contribution in [0.5, 0.6) is 5.75 Å². The van der Waals surface area contributed by atoms with Gasteiger partial charge in [-0.05, 0) is 24.3 Å². The van der Waals surface area contributed by atoms with E-state index in [4.69, 9.17) is 4.74 Å². The Morgan fingerprint density at radius 1 is 1.38 bits per heavy atom. The number of amides is 1. The molecule has 0 atom stereocenters. The molecule has 0 fully saturated rings. The van der Waals surface area contributed by atoms with Crippen molar-refractivity contribution in [2.24, 2.45) is 0 Å². The first-order chi connectivity index (χ1) is 7.83. The van der Waals surface area contributed by atoms with Gasteiger partial charge in [0.15, 0.2) is 0 Å². The van der Waals surface area contributed by atoms with Crippen LogP contribution in [0, 0.1) is 0 Å². The van der Waals surface area contributed by atoms with Crippen LogP contribution in [0.2, 0.25) is 0 Å². The highest BCUT2D eigenvalue weighted by Gasteiger charge is 2.22. The number of thiol groups is 1. The van der Waals surface area contributed by atoms with E-state index in [2.05, 4.69) is 12.6 Å². The molecule has 0 bridgehead atoms. The Balaban J connectivity index is 2.20. The number of carbonyl (C=O) groups is 1. The molecule has 1 aromatic carbocycles. The van der Waals surface area contributed by atoms with Crippen molar-refractivity contribution in [2.75, 3.05) is 25.4 Å². The second kappa shape index (κ2) is 5.25. The van der Waals surface area contributed by atoms with Gasteiger partial charge >= 0.3 is 0 Å². The molecule has 1 amide bonds. The van der Waals surface area contributed by atoms with E-state index < -0.39 is 0 Å². The first-order valence-electron chi connectivity index (χ1n) is 5.45. The van der Waals surface area contributed by atoms with Gasteiger partial charge in [0.05, 0.1) is 12.1 Å². The molecule has 0 spiro atoms. The molecular weight excluding hydrogens is 222 g/mol. The summed E-state index contributed by atoms with van der Waals surface area (Å²) in [6.45, 7) is 1.97. The summed E-state index contributed by atoms with van der Waals surface area (Å²) in [4.78, 5) is 14.0. The van der Waals surface area contributed by atoms with Crippen LogP contribution >= 0.6 is 12.6 Å². The van der Waals surface area contributed by atoms with Crippen LogP contribution in [0.3, 0.4) is 0 Å². The molecule has 2 rings (SSSR count). The Morgan fingerprint density at radius 3 is 3.00 bits per heavy atom. The number of hydrogen-bond donors (Lipinski definition) is 1. The molecule has 0 saturated carbocycles. The molecule has 1 aliphatic rings. The highest BCUT2D eigenvalue weighted by molar-refractivity contribution is 7.80. The molecule has 0 unspecified atom stereocenters. The fraction of sp³-hybridized carbons (Fsp3) is 0.417. The molecular formula is C12H15NO2S. The Kier molecular flexibility index (Phi) is 3.72. The lowest BCUT2D eigenvalue weighted by atomic mass is 10.2. The van der Waals surface area contributed by atoms with Crippen molar-refractivity contribution >= 4 is 18.5 Å². The van der Waals surface area contributed by atoms with Crippen LogP contribution in [0.15, 0.2) is 24.3 Å². The monoisotopic (exact) mass is 237 g/mol. The van der Waals surface area contributed by atoms with E-state index in [0.717, 1.165) is 18.7 Å². The van der Waals surface area contributed by atoms with E-state index in [1.807, 2.05) is 29.2 Å². The molecule has 16 heavy (non-hydrogen) atoms. The maximum Gasteiger partial charge on any atom is 0.257 e. The van der Waals surface area contributed by atoms with Gasteiger partial charge in [-0.2, -0.15) is 12.6 Å². The summed E-state index contributed by atoms with van der Waals surface area (Å²) < 4.78 is 5.55. The summed E-state index contributed by atoms with van der Waals surface area (Å²) in [7, 11) is 0. The van der Waals surface area contributed by atoms with Gasteiger partial charge in [0.1, 0.15) is 12.4 Å². The number of benzene rings is 1. The third kappa shape index (κ3) is 2.32. The predicted octanol–water partition coefficient (Wildman–Crippen LogP) is 1.84. The van der Waals surface area contributed by atoms with Gasteiger partial charge in [-0.25, -0.2) is 0 Å². The highest BCUT2D eigenvalue weighted by atomic mass is 32.1. The fourth-order valence-corrected chi connectivity index (χ4v) is 1.92. The highest BCUT2D eigenvalue weighted by Crippen LogP contribution is 2.22. The average Bonchev–Trinajstić information content (AvgIpc) is 2.47. The largest absolute Gasteiger partial charge is 0.491 e. The van der Waals surface area contributed by atoms with Gasteiger partial charge in [0.2, 0.25) is 0 Å². The minimum absolute atomic E-state index is 0.0647. The summed E-state index contributed by atoms with van der Waals surface area (Å²) in [6, 6.07) is 7.41. The number of carbonyl (C=O) groups excluding carboxylic acids is 1. The number of hydrogen-bond acceptors (Lipinski definition) is 3. The molecule has 1 aromatic rings. The first kappa shape index (κ1) is 11.3. The number of nitrogens with zero attached hydrogens (tertiary/aromatic N) is 1. The van der Waals surface area contributed by atoms with Crippen molar-refractivity contribution in [3.05, 3.63) is 29.8 Å². The number of para-hydroxylation sites is 1. The molecule has 1 heterocycles. The van der Waals surface area contributed by atoms with E-state index in [1.165, 1.54) is 0 Å². The zero-order valence-corrected chi connectivity index (χ0v) is 9.95. The summed E-state index contributed by atoms with van der Waals surface area (Å²) in [5.41, 5.74) is 0.666. The zero-order valence-electron chi connectivity index (χ0n) is 9.06. The Hall–Kier alpha value is -1.16. The minimum atomic E-state index is 0.0647. The van der Waals surface area contributed by atoms with Crippen molar-refractivity contribution in [1.82, 2.24) is 4.90 Å². The minimum Gasteiger partial charge on any atom is -0.491 e. The van der Waals surface area contributed by atoms with Gasteiger partial charge < -0.3 is 9.64 Å².